The minimum Gasteiger partial charge on any atom is -1.00 e. The van der Waals surface area contributed by atoms with Crippen molar-refractivity contribution in [3.05, 3.63) is 71.8 Å². The highest BCUT2D eigenvalue weighted by molar-refractivity contribution is 5.32. The van der Waals surface area contributed by atoms with Gasteiger partial charge >= 0.3 is 0 Å². The average Bonchev–Trinajstić information content (AvgIpc) is 2.33. The molecule has 0 aliphatic carbocycles. The quantitative estimate of drug-likeness (QED) is 0.709. The Bertz CT molecular complexity index is 360. The van der Waals surface area contributed by atoms with Gasteiger partial charge in [0.2, 0.25) is 0 Å². The van der Waals surface area contributed by atoms with Crippen LogP contribution in [0.2, 0.25) is 0 Å². The van der Waals surface area contributed by atoms with Crippen LogP contribution >= 0.6 is 0 Å². The van der Waals surface area contributed by atoms with Gasteiger partial charge in [-0.3, -0.25) is 0 Å². The van der Waals surface area contributed by atoms with Gasteiger partial charge in [-0.05, 0) is 11.1 Å². The minimum absolute atomic E-state index is 0. The molecule has 0 radical (unpaired) electrons. The average molecular weight is 234 g/mol. The third-order valence-electron chi connectivity index (χ3n) is 2.69. The second-order valence-electron chi connectivity index (χ2n) is 3.66. The van der Waals surface area contributed by atoms with E-state index >= 15 is 0 Å². The summed E-state index contributed by atoms with van der Waals surface area (Å²) < 4.78 is 0. The van der Waals surface area contributed by atoms with Crippen LogP contribution < -0.4 is 18.1 Å². The fourth-order valence-electron chi connectivity index (χ4n) is 1.90. The summed E-state index contributed by atoms with van der Waals surface area (Å²) in [7, 11) is 0. The standard InChI is InChI=1S/C14H15N.ClH/c15-11-14(12-7-3-1-4-8-12)13-9-5-2-6-10-13;/h1-10,14H,11,15H2;1H. The first kappa shape index (κ1) is 12.8. The Morgan fingerprint density at radius 3 is 1.44 bits per heavy atom. The molecule has 2 rings (SSSR count). The lowest BCUT2D eigenvalue weighted by molar-refractivity contribution is -0.370. The number of benzene rings is 2. The molecule has 2 aromatic rings. The monoisotopic (exact) mass is 233 g/mol. The van der Waals surface area contributed by atoms with Crippen molar-refractivity contribution in [2.24, 2.45) is 0 Å². The maximum atomic E-state index is 4.04. The first-order chi connectivity index (χ1) is 7.42. The van der Waals surface area contributed by atoms with Gasteiger partial charge in [0.05, 0.1) is 12.5 Å². The molecule has 16 heavy (non-hydrogen) atoms. The van der Waals surface area contributed by atoms with Gasteiger partial charge in [-0.2, -0.15) is 0 Å². The Hall–Kier alpha value is -1.31. The molecule has 0 spiro atoms. The van der Waals surface area contributed by atoms with Crippen molar-refractivity contribution in [1.29, 1.82) is 0 Å². The molecule has 3 N–H and O–H groups in total. The van der Waals surface area contributed by atoms with Gasteiger partial charge in [-0.15, -0.1) is 0 Å². The maximum absolute atomic E-state index is 4.04. The molecule has 0 unspecified atom stereocenters. The molecule has 2 aromatic carbocycles. The molecule has 0 bridgehead atoms. The molecule has 84 valence electrons. The predicted molar refractivity (Wildman–Crippen MR) is 62.5 cm³/mol. The van der Waals surface area contributed by atoms with Crippen LogP contribution in [0.3, 0.4) is 0 Å². The second-order valence-corrected chi connectivity index (χ2v) is 3.66. The van der Waals surface area contributed by atoms with Gasteiger partial charge in [0.25, 0.3) is 0 Å². The zero-order chi connectivity index (χ0) is 10.5. The summed E-state index contributed by atoms with van der Waals surface area (Å²) >= 11 is 0. The minimum atomic E-state index is 0. The normalized spacial score (nSPS) is 9.88. The molecule has 0 aromatic heterocycles. The predicted octanol–water partition coefficient (Wildman–Crippen LogP) is -0.936. The Balaban J connectivity index is 0.00000128. The van der Waals surface area contributed by atoms with Gasteiger partial charge < -0.3 is 18.1 Å². The largest absolute Gasteiger partial charge is 1.00 e. The molecule has 0 heterocycles. The van der Waals surface area contributed by atoms with Gasteiger partial charge in [0, 0.05) is 0 Å². The summed E-state index contributed by atoms with van der Waals surface area (Å²) in [6.45, 7) is 0.897. The number of quaternary nitrogens is 1. The van der Waals surface area contributed by atoms with E-state index in [1.165, 1.54) is 11.1 Å². The molecular weight excluding hydrogens is 218 g/mol. The fraction of sp³-hybridized carbons (Fsp3) is 0.143. The highest BCUT2D eigenvalue weighted by Crippen LogP contribution is 2.22. The molecule has 0 aliphatic rings. The van der Waals surface area contributed by atoms with Crippen molar-refractivity contribution in [1.82, 2.24) is 0 Å². The Kier molecular flexibility index (Phi) is 5.03. The fourth-order valence-corrected chi connectivity index (χ4v) is 1.90. The van der Waals surface area contributed by atoms with E-state index in [0.717, 1.165) is 6.54 Å². The zero-order valence-electron chi connectivity index (χ0n) is 9.14. The first-order valence-electron chi connectivity index (χ1n) is 5.31. The van der Waals surface area contributed by atoms with E-state index in [2.05, 4.69) is 66.4 Å². The topological polar surface area (TPSA) is 27.6 Å². The summed E-state index contributed by atoms with van der Waals surface area (Å²) in [5.41, 5.74) is 6.73. The maximum Gasteiger partial charge on any atom is 0.0850 e. The highest BCUT2D eigenvalue weighted by Gasteiger charge is 2.12. The van der Waals surface area contributed by atoms with Crippen LogP contribution in [0.4, 0.5) is 0 Å². The molecule has 2 heteroatoms. The molecule has 0 aliphatic heterocycles. The summed E-state index contributed by atoms with van der Waals surface area (Å²) in [5.74, 6) is 0.424. The van der Waals surface area contributed by atoms with E-state index in [1.807, 2.05) is 0 Å². The van der Waals surface area contributed by atoms with Crippen LogP contribution in [0.25, 0.3) is 0 Å². The van der Waals surface area contributed by atoms with E-state index in [-0.39, 0.29) is 12.4 Å². The van der Waals surface area contributed by atoms with Crippen LogP contribution in [0.1, 0.15) is 17.0 Å². The molecule has 0 amide bonds. The lowest BCUT2D eigenvalue weighted by Gasteiger charge is -2.13. The molecule has 0 saturated carbocycles. The SMILES string of the molecule is [Cl-].[NH3+]CC(c1ccccc1)c1ccccc1. The van der Waals surface area contributed by atoms with Gasteiger partial charge in [0.15, 0.2) is 0 Å². The third-order valence-corrected chi connectivity index (χ3v) is 2.69. The van der Waals surface area contributed by atoms with Crippen LogP contribution in [0, 0.1) is 0 Å². The number of rotatable bonds is 3. The van der Waals surface area contributed by atoms with E-state index in [0.29, 0.717) is 5.92 Å². The Labute approximate surface area is 103 Å². The molecule has 1 nitrogen and oxygen atoms in total. The smallest absolute Gasteiger partial charge is 0.0850 e. The summed E-state index contributed by atoms with van der Waals surface area (Å²) in [4.78, 5) is 0. The van der Waals surface area contributed by atoms with Crippen LogP contribution in [0.15, 0.2) is 60.7 Å². The molecule has 0 atom stereocenters. The summed E-state index contributed by atoms with van der Waals surface area (Å²) in [5, 5.41) is 0. The number of hydrogen-bond acceptors (Lipinski definition) is 0. The first-order valence-corrected chi connectivity index (χ1v) is 5.31. The van der Waals surface area contributed by atoms with E-state index in [9.17, 15) is 0 Å². The van der Waals surface area contributed by atoms with Gasteiger partial charge in [-0.1, -0.05) is 60.7 Å². The van der Waals surface area contributed by atoms with Crippen LogP contribution in [-0.2, 0) is 0 Å². The number of hydrogen-bond donors (Lipinski definition) is 1. The molecule has 0 fully saturated rings. The lowest BCUT2D eigenvalue weighted by Crippen LogP contribution is -3.00. The van der Waals surface area contributed by atoms with E-state index < -0.39 is 0 Å². The van der Waals surface area contributed by atoms with Crippen LogP contribution in [0.5, 0.6) is 0 Å². The molecule has 0 saturated heterocycles. The molecular formula is C14H16ClN. The third kappa shape index (κ3) is 2.84. The van der Waals surface area contributed by atoms with Crippen molar-refractivity contribution in [3.63, 3.8) is 0 Å². The Morgan fingerprint density at radius 1 is 0.750 bits per heavy atom. The van der Waals surface area contributed by atoms with Crippen molar-refractivity contribution in [2.75, 3.05) is 6.54 Å². The van der Waals surface area contributed by atoms with Crippen molar-refractivity contribution in [2.45, 2.75) is 5.92 Å². The van der Waals surface area contributed by atoms with Crippen molar-refractivity contribution < 1.29 is 18.1 Å². The highest BCUT2D eigenvalue weighted by atomic mass is 35.5. The van der Waals surface area contributed by atoms with Crippen molar-refractivity contribution >= 4 is 0 Å². The summed E-state index contributed by atoms with van der Waals surface area (Å²) in [6.07, 6.45) is 0. The summed E-state index contributed by atoms with van der Waals surface area (Å²) in [6, 6.07) is 21.1. The lowest BCUT2D eigenvalue weighted by atomic mass is 9.92. The number of halogens is 1. The van der Waals surface area contributed by atoms with Gasteiger partial charge in [-0.25, -0.2) is 0 Å². The van der Waals surface area contributed by atoms with Crippen molar-refractivity contribution in [3.8, 4) is 0 Å². The zero-order valence-corrected chi connectivity index (χ0v) is 9.90. The van der Waals surface area contributed by atoms with Gasteiger partial charge in [0.1, 0.15) is 0 Å². The van der Waals surface area contributed by atoms with E-state index in [4.69, 9.17) is 0 Å². The van der Waals surface area contributed by atoms with Crippen LogP contribution in [-0.4, -0.2) is 6.54 Å². The Morgan fingerprint density at radius 2 is 1.12 bits per heavy atom. The van der Waals surface area contributed by atoms with E-state index in [1.54, 1.807) is 0 Å². The second kappa shape index (κ2) is 6.31.